The maximum absolute atomic E-state index is 2.32. The first-order chi connectivity index (χ1) is 13.8. The van der Waals surface area contributed by atoms with Gasteiger partial charge in [0.25, 0.3) is 0 Å². The van der Waals surface area contributed by atoms with E-state index in [0.717, 1.165) is 0 Å². The lowest BCUT2D eigenvalue weighted by molar-refractivity contribution is 0.509. The predicted molar refractivity (Wildman–Crippen MR) is 131 cm³/mol. The summed E-state index contributed by atoms with van der Waals surface area (Å²) in [5.74, 6) is 1.92. The van der Waals surface area contributed by atoms with Gasteiger partial charge in [-0.1, -0.05) is 156 Å². The lowest BCUT2D eigenvalue weighted by Gasteiger charge is -2.16. The molecule has 0 aliphatic heterocycles. The Morgan fingerprint density at radius 3 is 0.750 bits per heavy atom. The van der Waals surface area contributed by atoms with Crippen LogP contribution in [0.3, 0.4) is 0 Å². The summed E-state index contributed by atoms with van der Waals surface area (Å²) < 4.78 is 0. The van der Waals surface area contributed by atoms with Crippen molar-refractivity contribution in [1.82, 2.24) is 0 Å². The lowest BCUT2D eigenvalue weighted by Crippen LogP contribution is -1.99. The van der Waals surface area contributed by atoms with Crippen molar-refractivity contribution in [2.45, 2.75) is 175 Å². The fourth-order valence-electron chi connectivity index (χ4n) is 4.37. The monoisotopic (exact) mass is 393 g/mol. The fourth-order valence-corrected chi connectivity index (χ4v) is 4.37. The minimum atomic E-state index is 1.37. The molecule has 0 aromatic carbocycles. The van der Waals surface area contributed by atoms with Crippen LogP contribution in [0.4, 0.5) is 0 Å². The fraction of sp³-hybridized carbons (Fsp3) is 0.964. The van der Waals surface area contributed by atoms with Gasteiger partial charge in [-0.05, 0) is 25.2 Å². The Morgan fingerprint density at radius 2 is 0.500 bits per heavy atom. The molecule has 0 saturated heterocycles. The normalized spacial score (nSPS) is 11.6. The SMILES string of the molecule is CCCCCCCCCC[C](CCCCCCC)CCCCCCCCCC. The Hall–Kier alpha value is 0. The van der Waals surface area contributed by atoms with Crippen LogP contribution < -0.4 is 0 Å². The molecule has 0 heterocycles. The molecule has 0 aliphatic carbocycles. The maximum Gasteiger partial charge on any atom is -0.0241 e. The van der Waals surface area contributed by atoms with Crippen molar-refractivity contribution in [1.29, 1.82) is 0 Å². The van der Waals surface area contributed by atoms with Crippen LogP contribution in [0.25, 0.3) is 0 Å². The molecule has 0 fully saturated rings. The molecule has 0 spiro atoms. The van der Waals surface area contributed by atoms with Gasteiger partial charge in [-0.2, -0.15) is 0 Å². The van der Waals surface area contributed by atoms with E-state index in [2.05, 4.69) is 20.8 Å². The predicted octanol–water partition coefficient (Wildman–Crippen LogP) is 11.0. The first-order valence-corrected chi connectivity index (χ1v) is 13.7. The van der Waals surface area contributed by atoms with Crippen molar-refractivity contribution in [2.75, 3.05) is 0 Å². The second-order valence-electron chi connectivity index (χ2n) is 9.36. The standard InChI is InChI=1S/C28H57/c1-4-7-10-13-15-17-20-23-26-28(25-22-19-12-9-6-3)27-24-21-18-16-14-11-8-5-2/h4-27H2,1-3H3. The van der Waals surface area contributed by atoms with E-state index in [-0.39, 0.29) is 0 Å². The number of hydrogen-bond donors (Lipinski definition) is 0. The highest BCUT2D eigenvalue weighted by molar-refractivity contribution is 4.89. The summed E-state index contributed by atoms with van der Waals surface area (Å²) in [6, 6.07) is 0. The van der Waals surface area contributed by atoms with Crippen LogP contribution in [0.15, 0.2) is 0 Å². The third-order valence-electron chi connectivity index (χ3n) is 6.40. The van der Waals surface area contributed by atoms with Crippen LogP contribution >= 0.6 is 0 Å². The van der Waals surface area contributed by atoms with E-state index in [1.807, 2.05) is 5.92 Å². The molecule has 169 valence electrons. The summed E-state index contributed by atoms with van der Waals surface area (Å²) in [5, 5.41) is 0. The molecular formula is C28H57. The van der Waals surface area contributed by atoms with Crippen LogP contribution in [0.5, 0.6) is 0 Å². The molecule has 0 N–H and O–H groups in total. The molecule has 0 saturated carbocycles. The van der Waals surface area contributed by atoms with Gasteiger partial charge >= 0.3 is 0 Å². The third-order valence-corrected chi connectivity index (χ3v) is 6.40. The van der Waals surface area contributed by atoms with Gasteiger partial charge in [0.15, 0.2) is 0 Å². The number of unbranched alkanes of at least 4 members (excludes halogenated alkanes) is 18. The zero-order chi connectivity index (χ0) is 20.5. The average molecular weight is 394 g/mol. The summed E-state index contributed by atoms with van der Waals surface area (Å²) in [4.78, 5) is 0. The zero-order valence-electron chi connectivity index (χ0n) is 20.5. The third kappa shape index (κ3) is 22.3. The van der Waals surface area contributed by atoms with E-state index in [0.29, 0.717) is 0 Å². The average Bonchev–Trinajstić information content (AvgIpc) is 2.71. The highest BCUT2D eigenvalue weighted by Crippen LogP contribution is 2.26. The van der Waals surface area contributed by atoms with Crippen LogP contribution in [0.1, 0.15) is 175 Å². The molecule has 0 heteroatoms. The molecule has 0 bridgehead atoms. The van der Waals surface area contributed by atoms with E-state index < -0.39 is 0 Å². The molecule has 0 aliphatic rings. The van der Waals surface area contributed by atoms with Gasteiger partial charge < -0.3 is 0 Å². The Labute approximate surface area is 181 Å². The Morgan fingerprint density at radius 1 is 0.286 bits per heavy atom. The number of rotatable bonds is 24. The molecule has 28 heavy (non-hydrogen) atoms. The minimum Gasteiger partial charge on any atom is -0.0654 e. The van der Waals surface area contributed by atoms with Crippen LogP contribution in [-0.4, -0.2) is 0 Å². The summed E-state index contributed by atoms with van der Waals surface area (Å²) in [6.07, 6.45) is 34.8. The summed E-state index contributed by atoms with van der Waals surface area (Å²) in [7, 11) is 0. The van der Waals surface area contributed by atoms with Crippen LogP contribution in [0.2, 0.25) is 0 Å². The Bertz CT molecular complexity index is 237. The molecule has 0 unspecified atom stereocenters. The minimum absolute atomic E-state index is 1.37. The molecule has 0 nitrogen and oxygen atoms in total. The van der Waals surface area contributed by atoms with E-state index >= 15 is 0 Å². The molecule has 0 aromatic rings. The molecule has 0 atom stereocenters. The first-order valence-electron chi connectivity index (χ1n) is 13.7. The van der Waals surface area contributed by atoms with Crippen molar-refractivity contribution in [3.63, 3.8) is 0 Å². The highest BCUT2D eigenvalue weighted by Gasteiger charge is 2.09. The van der Waals surface area contributed by atoms with Gasteiger partial charge in [0, 0.05) is 0 Å². The highest BCUT2D eigenvalue weighted by atomic mass is 14.1. The zero-order valence-corrected chi connectivity index (χ0v) is 20.5. The molecule has 1 radical (unpaired) electrons. The van der Waals surface area contributed by atoms with Gasteiger partial charge in [-0.25, -0.2) is 0 Å². The van der Waals surface area contributed by atoms with Gasteiger partial charge in [-0.3, -0.25) is 0 Å². The Balaban J connectivity index is 3.75. The molecule has 0 rings (SSSR count). The van der Waals surface area contributed by atoms with Gasteiger partial charge in [0.1, 0.15) is 0 Å². The van der Waals surface area contributed by atoms with Gasteiger partial charge in [-0.15, -0.1) is 0 Å². The second-order valence-corrected chi connectivity index (χ2v) is 9.36. The second kappa shape index (κ2) is 25.0. The summed E-state index contributed by atoms with van der Waals surface area (Å²) >= 11 is 0. The lowest BCUT2D eigenvalue weighted by atomic mass is 9.89. The van der Waals surface area contributed by atoms with Crippen molar-refractivity contribution >= 4 is 0 Å². The molecule has 0 amide bonds. The quantitative estimate of drug-likeness (QED) is 0.143. The van der Waals surface area contributed by atoms with E-state index in [1.54, 1.807) is 0 Å². The smallest absolute Gasteiger partial charge is 0.0241 e. The van der Waals surface area contributed by atoms with Crippen molar-refractivity contribution in [2.24, 2.45) is 0 Å². The van der Waals surface area contributed by atoms with Crippen molar-refractivity contribution in [3.05, 3.63) is 5.92 Å². The van der Waals surface area contributed by atoms with E-state index in [4.69, 9.17) is 0 Å². The van der Waals surface area contributed by atoms with Gasteiger partial charge in [0.2, 0.25) is 0 Å². The van der Waals surface area contributed by atoms with Crippen molar-refractivity contribution in [3.8, 4) is 0 Å². The van der Waals surface area contributed by atoms with E-state index in [9.17, 15) is 0 Å². The first kappa shape index (κ1) is 28.0. The molecular weight excluding hydrogens is 336 g/mol. The largest absolute Gasteiger partial charge is 0.0654 e. The maximum atomic E-state index is 2.32. The summed E-state index contributed by atoms with van der Waals surface area (Å²) in [5.41, 5.74) is 0. The van der Waals surface area contributed by atoms with Crippen molar-refractivity contribution < 1.29 is 0 Å². The molecule has 0 aromatic heterocycles. The Kier molecular flexibility index (Phi) is 25.0. The topological polar surface area (TPSA) is 0 Å². The van der Waals surface area contributed by atoms with Gasteiger partial charge in [0.05, 0.1) is 0 Å². The van der Waals surface area contributed by atoms with E-state index in [1.165, 1.54) is 154 Å². The van der Waals surface area contributed by atoms with Crippen LogP contribution in [-0.2, 0) is 0 Å². The number of hydrogen-bond acceptors (Lipinski definition) is 0. The van der Waals surface area contributed by atoms with Crippen LogP contribution in [0, 0.1) is 5.92 Å². The summed E-state index contributed by atoms with van der Waals surface area (Å²) in [6.45, 7) is 6.94.